The van der Waals surface area contributed by atoms with Gasteiger partial charge in [-0.25, -0.2) is 0 Å². The second kappa shape index (κ2) is 9.23. The second-order valence-corrected chi connectivity index (χ2v) is 6.44. The molecule has 1 aromatic carbocycles. The molecule has 0 spiro atoms. The van der Waals surface area contributed by atoms with E-state index in [1.165, 1.54) is 0 Å². The maximum absolute atomic E-state index is 12.4. The molecular formula is C20H24N2O5. The molecule has 7 nitrogen and oxygen atoms in total. The molecule has 0 bridgehead atoms. The van der Waals surface area contributed by atoms with Crippen LogP contribution < -0.4 is 10.1 Å². The van der Waals surface area contributed by atoms with E-state index in [0.29, 0.717) is 44.6 Å². The molecule has 144 valence electrons. The predicted molar refractivity (Wildman–Crippen MR) is 99.3 cm³/mol. The van der Waals surface area contributed by atoms with E-state index < -0.39 is 0 Å². The summed E-state index contributed by atoms with van der Waals surface area (Å²) in [4.78, 5) is 25.3. The van der Waals surface area contributed by atoms with Crippen LogP contribution in [-0.2, 0) is 22.6 Å². The van der Waals surface area contributed by atoms with Crippen molar-refractivity contribution < 1.29 is 23.8 Å². The van der Waals surface area contributed by atoms with Crippen LogP contribution in [0.3, 0.4) is 0 Å². The zero-order valence-corrected chi connectivity index (χ0v) is 15.1. The molecule has 2 amide bonds. The lowest BCUT2D eigenvalue weighted by molar-refractivity contribution is -0.132. The Labute approximate surface area is 157 Å². The Hall–Kier alpha value is -2.80. The number of aliphatic hydroxyl groups excluding tert-OH is 1. The fourth-order valence-electron chi connectivity index (χ4n) is 3.02. The van der Waals surface area contributed by atoms with E-state index in [1.807, 2.05) is 18.2 Å². The number of benzene rings is 1. The Morgan fingerprint density at radius 3 is 2.96 bits per heavy atom. The smallest absolute Gasteiger partial charge is 0.224 e. The van der Waals surface area contributed by atoms with Gasteiger partial charge >= 0.3 is 0 Å². The highest BCUT2D eigenvalue weighted by Crippen LogP contribution is 2.26. The van der Waals surface area contributed by atoms with Gasteiger partial charge in [0.05, 0.1) is 26.0 Å². The molecule has 0 radical (unpaired) electrons. The van der Waals surface area contributed by atoms with Crippen LogP contribution in [0.15, 0.2) is 41.0 Å². The molecule has 1 aromatic heterocycles. The number of amides is 2. The van der Waals surface area contributed by atoms with Gasteiger partial charge in [-0.1, -0.05) is 0 Å². The number of furan rings is 1. The maximum atomic E-state index is 12.4. The van der Waals surface area contributed by atoms with Gasteiger partial charge in [0, 0.05) is 25.1 Å². The van der Waals surface area contributed by atoms with Gasteiger partial charge in [-0.2, -0.15) is 0 Å². The van der Waals surface area contributed by atoms with Crippen LogP contribution >= 0.6 is 0 Å². The van der Waals surface area contributed by atoms with E-state index in [1.54, 1.807) is 23.3 Å². The van der Waals surface area contributed by atoms with Crippen molar-refractivity contribution in [3.05, 3.63) is 47.9 Å². The number of anilines is 1. The molecule has 0 unspecified atom stereocenters. The number of hydrogen-bond donors (Lipinski definition) is 2. The van der Waals surface area contributed by atoms with Crippen molar-refractivity contribution in [3.63, 3.8) is 0 Å². The Morgan fingerprint density at radius 1 is 1.30 bits per heavy atom. The lowest BCUT2D eigenvalue weighted by Crippen LogP contribution is -2.33. The van der Waals surface area contributed by atoms with Crippen molar-refractivity contribution in [2.45, 2.75) is 32.2 Å². The molecular weight excluding hydrogens is 348 g/mol. The number of hydrogen-bond acceptors (Lipinski definition) is 5. The zero-order chi connectivity index (χ0) is 19.1. The maximum Gasteiger partial charge on any atom is 0.224 e. The Kier molecular flexibility index (Phi) is 6.49. The molecule has 0 saturated carbocycles. The summed E-state index contributed by atoms with van der Waals surface area (Å²) in [6, 6.07) is 9.18. The molecule has 0 fully saturated rings. The molecule has 7 heteroatoms. The second-order valence-electron chi connectivity index (χ2n) is 6.44. The van der Waals surface area contributed by atoms with Gasteiger partial charge in [-0.15, -0.1) is 0 Å². The molecule has 27 heavy (non-hydrogen) atoms. The quantitative estimate of drug-likeness (QED) is 0.659. The standard InChI is InChI=1S/C20H24N2O5/c23-10-9-22(14-17-3-1-11-27-17)20(25)4-2-12-26-16-6-7-18-15(13-16)5-8-19(24)21-18/h1,3,6-7,11,13,23H,2,4-5,8-10,12,14H2,(H,21,24). The average molecular weight is 372 g/mol. The van der Waals surface area contributed by atoms with Crippen molar-refractivity contribution in [1.82, 2.24) is 4.90 Å². The number of ether oxygens (including phenoxy) is 1. The zero-order valence-electron chi connectivity index (χ0n) is 15.1. The van der Waals surface area contributed by atoms with Crippen molar-refractivity contribution in [2.75, 3.05) is 25.1 Å². The van der Waals surface area contributed by atoms with Gasteiger partial charge in [0.1, 0.15) is 11.5 Å². The average Bonchev–Trinajstić information content (AvgIpc) is 3.18. The third kappa shape index (κ3) is 5.34. The van der Waals surface area contributed by atoms with Gasteiger partial charge in [-0.05, 0) is 48.7 Å². The monoisotopic (exact) mass is 372 g/mol. The summed E-state index contributed by atoms with van der Waals surface area (Å²) >= 11 is 0. The first-order valence-electron chi connectivity index (χ1n) is 9.12. The number of rotatable bonds is 9. The summed E-state index contributed by atoms with van der Waals surface area (Å²) in [5.41, 5.74) is 1.90. The van der Waals surface area contributed by atoms with Gasteiger partial charge < -0.3 is 24.5 Å². The van der Waals surface area contributed by atoms with Gasteiger partial charge in [0.25, 0.3) is 0 Å². The molecule has 2 aromatic rings. The number of nitrogens with zero attached hydrogens (tertiary/aromatic N) is 1. The summed E-state index contributed by atoms with van der Waals surface area (Å²) in [5.74, 6) is 1.42. The third-order valence-electron chi connectivity index (χ3n) is 4.43. The van der Waals surface area contributed by atoms with Crippen LogP contribution in [0.5, 0.6) is 5.75 Å². The first kappa shape index (κ1) is 19.0. The number of aliphatic hydroxyl groups is 1. The minimum absolute atomic E-state index is 0.0386. The van der Waals surface area contributed by atoms with Gasteiger partial charge in [0.2, 0.25) is 11.8 Å². The molecule has 2 N–H and O–H groups in total. The minimum atomic E-state index is -0.0887. The Bertz CT molecular complexity index is 773. The first-order valence-corrected chi connectivity index (χ1v) is 9.12. The normalized spacial score (nSPS) is 13.0. The molecule has 1 aliphatic heterocycles. The van der Waals surface area contributed by atoms with E-state index in [9.17, 15) is 14.7 Å². The van der Waals surface area contributed by atoms with Gasteiger partial charge in [-0.3, -0.25) is 9.59 Å². The van der Waals surface area contributed by atoms with Crippen molar-refractivity contribution in [2.24, 2.45) is 0 Å². The number of fused-ring (bicyclic) bond motifs is 1. The van der Waals surface area contributed by atoms with Crippen LogP contribution in [0.4, 0.5) is 5.69 Å². The molecule has 0 aliphatic carbocycles. The molecule has 1 aliphatic rings. The highest BCUT2D eigenvalue weighted by molar-refractivity contribution is 5.94. The number of carbonyl (C=O) groups excluding carboxylic acids is 2. The molecule has 3 rings (SSSR count). The van der Waals surface area contributed by atoms with Crippen molar-refractivity contribution >= 4 is 17.5 Å². The Morgan fingerprint density at radius 2 is 2.19 bits per heavy atom. The van der Waals surface area contributed by atoms with E-state index in [4.69, 9.17) is 9.15 Å². The van der Waals surface area contributed by atoms with Crippen molar-refractivity contribution in [1.29, 1.82) is 0 Å². The number of nitrogens with one attached hydrogen (secondary N) is 1. The van der Waals surface area contributed by atoms with Crippen LogP contribution in [-0.4, -0.2) is 41.6 Å². The van der Waals surface area contributed by atoms with E-state index in [-0.39, 0.29) is 25.0 Å². The highest BCUT2D eigenvalue weighted by atomic mass is 16.5. The van der Waals surface area contributed by atoms with Crippen LogP contribution in [0.1, 0.15) is 30.6 Å². The number of carbonyl (C=O) groups is 2. The fraction of sp³-hybridized carbons (Fsp3) is 0.400. The summed E-state index contributed by atoms with van der Waals surface area (Å²) in [7, 11) is 0. The summed E-state index contributed by atoms with van der Waals surface area (Å²) in [6.45, 7) is 0.958. The number of aryl methyl sites for hydroxylation is 1. The van der Waals surface area contributed by atoms with Gasteiger partial charge in [0.15, 0.2) is 0 Å². The summed E-state index contributed by atoms with van der Waals surface area (Å²) in [5, 5.41) is 12.0. The largest absolute Gasteiger partial charge is 0.494 e. The summed E-state index contributed by atoms with van der Waals surface area (Å²) < 4.78 is 11.0. The van der Waals surface area contributed by atoms with E-state index in [0.717, 1.165) is 17.0 Å². The lowest BCUT2D eigenvalue weighted by atomic mass is 10.0. The predicted octanol–water partition coefficient (Wildman–Crippen LogP) is 2.34. The fourth-order valence-corrected chi connectivity index (χ4v) is 3.02. The minimum Gasteiger partial charge on any atom is -0.494 e. The first-order chi connectivity index (χ1) is 13.2. The van der Waals surface area contributed by atoms with E-state index >= 15 is 0 Å². The SMILES string of the molecule is O=C1CCc2cc(OCCCC(=O)N(CCO)Cc3ccco3)ccc2N1. The van der Waals surface area contributed by atoms with Crippen molar-refractivity contribution in [3.8, 4) is 5.75 Å². The Balaban J connectivity index is 1.44. The van der Waals surface area contributed by atoms with Crippen LogP contribution in [0.2, 0.25) is 0 Å². The van der Waals surface area contributed by atoms with Crippen LogP contribution in [0, 0.1) is 0 Å². The molecule has 0 atom stereocenters. The highest BCUT2D eigenvalue weighted by Gasteiger charge is 2.16. The molecule has 2 heterocycles. The molecule has 0 saturated heterocycles. The summed E-state index contributed by atoms with van der Waals surface area (Å²) in [6.07, 6.45) is 3.67. The topological polar surface area (TPSA) is 92.0 Å². The third-order valence-corrected chi connectivity index (χ3v) is 4.43. The lowest BCUT2D eigenvalue weighted by Gasteiger charge is -2.21. The van der Waals surface area contributed by atoms with Crippen LogP contribution in [0.25, 0.3) is 0 Å². The van der Waals surface area contributed by atoms with E-state index in [2.05, 4.69) is 5.32 Å².